The van der Waals surface area contributed by atoms with Crippen molar-refractivity contribution in [2.45, 2.75) is 238 Å². The van der Waals surface area contributed by atoms with E-state index < -0.39 is 18.2 Å². The fourth-order valence-electron chi connectivity index (χ4n) is 6.60. The molecule has 0 saturated carbocycles. The second-order valence-corrected chi connectivity index (χ2v) is 15.3. The smallest absolute Gasteiger partial charge is 0.222 e. The largest absolute Gasteiger partial charge is 0.394 e. The van der Waals surface area contributed by atoms with E-state index >= 15 is 0 Å². The fraction of sp³-hybridized carbons (Fsp3) is 0.809. The van der Waals surface area contributed by atoms with Crippen molar-refractivity contribution < 1.29 is 20.1 Å². The first-order valence-electron chi connectivity index (χ1n) is 22.4. The van der Waals surface area contributed by atoms with Crippen LogP contribution in [0.15, 0.2) is 48.6 Å². The molecule has 5 nitrogen and oxygen atoms in total. The average molecular weight is 730 g/mol. The highest BCUT2D eigenvalue weighted by Crippen LogP contribution is 2.14. The molecule has 0 fully saturated rings. The summed E-state index contributed by atoms with van der Waals surface area (Å²) in [6.45, 7) is 4.19. The molecule has 0 aromatic heterocycles. The maximum absolute atomic E-state index is 12.4. The van der Waals surface area contributed by atoms with Gasteiger partial charge in [-0.25, -0.2) is 0 Å². The molecule has 0 saturated heterocycles. The number of hydrogen-bond acceptors (Lipinski definition) is 4. The number of hydrogen-bond donors (Lipinski definition) is 4. The highest BCUT2D eigenvalue weighted by Gasteiger charge is 2.20. The molecule has 1 amide bonds. The summed E-state index contributed by atoms with van der Waals surface area (Å²) in [5.74, 6) is -0.335. The lowest BCUT2D eigenvalue weighted by Gasteiger charge is -2.20. The van der Waals surface area contributed by atoms with E-state index in [2.05, 4.69) is 55.6 Å². The summed E-state index contributed by atoms with van der Waals surface area (Å²) in [4.78, 5) is 12.4. The van der Waals surface area contributed by atoms with Crippen LogP contribution < -0.4 is 5.32 Å². The number of rotatable bonds is 40. The number of amides is 1. The molecule has 0 spiro atoms. The van der Waals surface area contributed by atoms with Gasteiger partial charge in [-0.2, -0.15) is 0 Å². The van der Waals surface area contributed by atoms with Crippen LogP contribution in [0.1, 0.15) is 219 Å². The summed E-state index contributed by atoms with van der Waals surface area (Å²) in [6, 6.07) is -0.770. The van der Waals surface area contributed by atoms with Crippen LogP contribution in [-0.2, 0) is 4.79 Å². The van der Waals surface area contributed by atoms with Crippen LogP contribution in [0.2, 0.25) is 0 Å². The molecular formula is C47H87NO4. The molecule has 304 valence electrons. The van der Waals surface area contributed by atoms with E-state index in [1.165, 1.54) is 141 Å². The van der Waals surface area contributed by atoms with Gasteiger partial charge in [-0.05, 0) is 70.6 Å². The summed E-state index contributed by atoms with van der Waals surface area (Å²) in [6.07, 6.45) is 54.0. The van der Waals surface area contributed by atoms with Gasteiger partial charge < -0.3 is 20.6 Å². The summed E-state index contributed by atoms with van der Waals surface area (Å²) in [7, 11) is 0. The Morgan fingerprint density at radius 1 is 0.481 bits per heavy atom. The first kappa shape index (κ1) is 50.3. The molecule has 0 bridgehead atoms. The molecule has 3 unspecified atom stereocenters. The molecule has 0 aliphatic heterocycles. The van der Waals surface area contributed by atoms with Crippen molar-refractivity contribution >= 4 is 5.91 Å². The zero-order valence-corrected chi connectivity index (χ0v) is 34.4. The molecule has 0 aromatic carbocycles. The van der Waals surface area contributed by atoms with Crippen molar-refractivity contribution in [2.75, 3.05) is 6.61 Å². The zero-order valence-electron chi connectivity index (χ0n) is 34.4. The number of allylic oxidation sites excluding steroid dienone is 7. The van der Waals surface area contributed by atoms with Crippen LogP contribution in [-0.4, -0.2) is 46.1 Å². The summed E-state index contributed by atoms with van der Waals surface area (Å²) in [5, 5.41) is 33.2. The number of carbonyl (C=O) groups is 1. The van der Waals surface area contributed by atoms with E-state index in [0.717, 1.165) is 51.4 Å². The SMILES string of the molecule is CCCCCCCCC/C=C/CC/C=C/CC/C=C/C(O)C(CO)NC(=O)CC(O)CCCCCCC/C=C\CCCCCCCCCCCCC. The van der Waals surface area contributed by atoms with E-state index in [1.807, 2.05) is 6.08 Å². The van der Waals surface area contributed by atoms with Crippen LogP contribution >= 0.6 is 0 Å². The van der Waals surface area contributed by atoms with E-state index in [0.29, 0.717) is 6.42 Å². The predicted molar refractivity (Wildman–Crippen MR) is 227 cm³/mol. The quantitative estimate of drug-likeness (QED) is 0.0373. The van der Waals surface area contributed by atoms with Gasteiger partial charge in [0.25, 0.3) is 0 Å². The monoisotopic (exact) mass is 730 g/mol. The lowest BCUT2D eigenvalue weighted by molar-refractivity contribution is -0.124. The average Bonchev–Trinajstić information content (AvgIpc) is 3.14. The van der Waals surface area contributed by atoms with E-state index in [1.54, 1.807) is 6.08 Å². The van der Waals surface area contributed by atoms with Gasteiger partial charge >= 0.3 is 0 Å². The Bertz CT molecular complexity index is 850. The predicted octanol–water partition coefficient (Wildman–Crippen LogP) is 12.9. The molecular weight excluding hydrogens is 643 g/mol. The fourth-order valence-corrected chi connectivity index (χ4v) is 6.60. The first-order chi connectivity index (χ1) is 25.5. The molecule has 0 heterocycles. The molecule has 5 heteroatoms. The minimum atomic E-state index is -0.962. The van der Waals surface area contributed by atoms with Crippen molar-refractivity contribution in [1.29, 1.82) is 0 Å². The summed E-state index contributed by atoms with van der Waals surface area (Å²) >= 11 is 0. The maximum Gasteiger partial charge on any atom is 0.222 e. The third-order valence-electron chi connectivity index (χ3n) is 10.1. The molecule has 52 heavy (non-hydrogen) atoms. The highest BCUT2D eigenvalue weighted by molar-refractivity contribution is 5.76. The van der Waals surface area contributed by atoms with Crippen LogP contribution in [0.4, 0.5) is 0 Å². The number of aliphatic hydroxyl groups excluding tert-OH is 3. The topological polar surface area (TPSA) is 89.8 Å². The molecule has 0 aliphatic rings. The Morgan fingerprint density at radius 2 is 0.827 bits per heavy atom. The van der Waals surface area contributed by atoms with Crippen LogP contribution in [0.3, 0.4) is 0 Å². The Morgan fingerprint density at radius 3 is 1.23 bits per heavy atom. The van der Waals surface area contributed by atoms with Gasteiger partial charge in [0.05, 0.1) is 31.3 Å². The second kappa shape index (κ2) is 42.1. The number of unbranched alkanes of at least 4 members (excludes halogenated alkanes) is 25. The zero-order chi connectivity index (χ0) is 38.0. The van der Waals surface area contributed by atoms with Crippen molar-refractivity contribution in [1.82, 2.24) is 5.32 Å². The van der Waals surface area contributed by atoms with Crippen LogP contribution in [0.5, 0.6) is 0 Å². The van der Waals surface area contributed by atoms with Crippen molar-refractivity contribution in [3.63, 3.8) is 0 Å². The normalized spacial score (nSPS) is 14.0. The molecule has 0 rings (SSSR count). The van der Waals surface area contributed by atoms with Gasteiger partial charge in [0.1, 0.15) is 0 Å². The third-order valence-corrected chi connectivity index (χ3v) is 10.1. The molecule has 0 aliphatic carbocycles. The third kappa shape index (κ3) is 38.0. The number of carbonyl (C=O) groups excluding carboxylic acids is 1. The number of nitrogens with one attached hydrogen (secondary N) is 1. The van der Waals surface area contributed by atoms with Crippen LogP contribution in [0.25, 0.3) is 0 Å². The lowest BCUT2D eigenvalue weighted by Crippen LogP contribution is -2.45. The Hall–Kier alpha value is -1.69. The first-order valence-corrected chi connectivity index (χ1v) is 22.4. The molecule has 3 atom stereocenters. The summed E-state index contributed by atoms with van der Waals surface area (Å²) in [5.41, 5.74) is 0. The Balaban J connectivity index is 3.74. The molecule has 0 radical (unpaired) electrons. The molecule has 0 aromatic rings. The van der Waals surface area contributed by atoms with Gasteiger partial charge in [-0.1, -0.05) is 191 Å². The van der Waals surface area contributed by atoms with Gasteiger partial charge in [-0.3, -0.25) is 4.79 Å². The van der Waals surface area contributed by atoms with Crippen molar-refractivity contribution in [3.05, 3.63) is 48.6 Å². The highest BCUT2D eigenvalue weighted by atomic mass is 16.3. The Kier molecular flexibility index (Phi) is 40.7. The minimum absolute atomic E-state index is 0.00401. The van der Waals surface area contributed by atoms with Gasteiger partial charge in [0.15, 0.2) is 0 Å². The van der Waals surface area contributed by atoms with E-state index in [-0.39, 0.29) is 18.9 Å². The van der Waals surface area contributed by atoms with Crippen molar-refractivity contribution in [3.8, 4) is 0 Å². The van der Waals surface area contributed by atoms with Crippen molar-refractivity contribution in [2.24, 2.45) is 0 Å². The standard InChI is InChI=1S/C47H87NO4/c1-3-5-7-9-11-13-15-17-19-21-22-23-25-26-28-30-32-34-36-38-40-44(50)42-47(52)48-45(43-49)46(51)41-39-37-35-33-31-29-27-24-20-18-16-14-12-10-8-6-4-2/h20,24-26,31,33,39,41,44-46,49-51H,3-19,21-23,27-30,32,34-38,40,42-43H2,1-2H3,(H,48,52)/b24-20+,26-25-,33-31+,41-39+. The lowest BCUT2D eigenvalue weighted by atomic mass is 10.0. The Labute approximate surface area is 323 Å². The minimum Gasteiger partial charge on any atom is -0.394 e. The van der Waals surface area contributed by atoms with Gasteiger partial charge in [0, 0.05) is 0 Å². The van der Waals surface area contributed by atoms with Gasteiger partial charge in [0.2, 0.25) is 5.91 Å². The number of aliphatic hydroxyl groups is 3. The molecule has 4 N–H and O–H groups in total. The van der Waals surface area contributed by atoms with Crippen LogP contribution in [0, 0.1) is 0 Å². The van der Waals surface area contributed by atoms with E-state index in [9.17, 15) is 20.1 Å². The summed E-state index contributed by atoms with van der Waals surface area (Å²) < 4.78 is 0. The maximum atomic E-state index is 12.4. The second-order valence-electron chi connectivity index (χ2n) is 15.3. The van der Waals surface area contributed by atoms with E-state index in [4.69, 9.17) is 0 Å². The van der Waals surface area contributed by atoms with Gasteiger partial charge in [-0.15, -0.1) is 0 Å².